The maximum atomic E-state index is 13.9. The zero-order chi connectivity index (χ0) is 29.1. The number of amides is 1. The van der Waals surface area contributed by atoms with Crippen LogP contribution >= 0.6 is 0 Å². The molecule has 4 aliphatic carbocycles. The number of hydrogen-bond acceptors (Lipinski definition) is 9. The summed E-state index contributed by atoms with van der Waals surface area (Å²) >= 11 is 0. The van der Waals surface area contributed by atoms with Crippen molar-refractivity contribution in [2.75, 3.05) is 20.6 Å². The fourth-order valence-electron chi connectivity index (χ4n) is 7.32. The van der Waals surface area contributed by atoms with Crippen molar-refractivity contribution in [1.82, 2.24) is 10.2 Å². The van der Waals surface area contributed by atoms with Crippen LogP contribution in [0.5, 0.6) is 5.75 Å². The third-order valence-electron chi connectivity index (χ3n) is 9.25. The molecule has 0 bridgehead atoms. The summed E-state index contributed by atoms with van der Waals surface area (Å²) in [5.41, 5.74) is 3.13. The summed E-state index contributed by atoms with van der Waals surface area (Å²) in [5, 5.41) is 48.5. The fourth-order valence-corrected chi connectivity index (χ4v) is 7.32. The van der Waals surface area contributed by atoms with Crippen molar-refractivity contribution in [2.24, 2.45) is 17.6 Å². The van der Waals surface area contributed by atoms with Gasteiger partial charge in [0.15, 0.2) is 0 Å². The van der Waals surface area contributed by atoms with Crippen molar-refractivity contribution in [3.63, 3.8) is 0 Å². The second-order valence-electron chi connectivity index (χ2n) is 11.7. The number of primary amides is 1. The van der Waals surface area contributed by atoms with Gasteiger partial charge in [0, 0.05) is 0 Å². The van der Waals surface area contributed by atoms with E-state index in [1.54, 1.807) is 19.0 Å². The molecule has 0 aliphatic heterocycles. The number of ketones is 2. The Labute approximate surface area is 233 Å². The number of nitrogens with two attached hydrogens (primary N) is 1. The van der Waals surface area contributed by atoms with Gasteiger partial charge in [-0.3, -0.25) is 0 Å². The van der Waals surface area contributed by atoms with E-state index < -0.39 is 46.5 Å². The SMILES string of the molecule is B=C1C(C(N)=O)=C(O)[C@H](N(C)C)[C@@H]2C[C@@H]3Cc4c(C(=O)CNC5CCCCC5)ccc(O)c4C(=O)C3=C(O)[C@]12O. The zero-order valence-electron chi connectivity index (χ0n) is 22.9. The molecule has 0 radical (unpaired) electrons. The van der Waals surface area contributed by atoms with Crippen LogP contribution in [-0.2, 0) is 11.2 Å². The van der Waals surface area contributed by atoms with Crippen LogP contribution in [0.2, 0.25) is 0 Å². The number of aliphatic hydroxyl groups excluding tert-OH is 2. The van der Waals surface area contributed by atoms with E-state index in [9.17, 15) is 34.8 Å². The Morgan fingerprint density at radius 1 is 1.15 bits per heavy atom. The molecule has 0 saturated heterocycles. The molecule has 1 amide bonds. The summed E-state index contributed by atoms with van der Waals surface area (Å²) in [7, 11) is 7.10. The summed E-state index contributed by atoms with van der Waals surface area (Å²) in [4.78, 5) is 41.1. The average Bonchev–Trinajstić information content (AvgIpc) is 2.89. The first-order chi connectivity index (χ1) is 18.9. The Morgan fingerprint density at radius 3 is 2.45 bits per heavy atom. The van der Waals surface area contributed by atoms with E-state index in [1.807, 2.05) is 0 Å². The van der Waals surface area contributed by atoms with Gasteiger partial charge in [-0.05, 0) is 12.8 Å². The van der Waals surface area contributed by atoms with Gasteiger partial charge in [-0.2, -0.15) is 0 Å². The molecule has 11 heteroatoms. The van der Waals surface area contributed by atoms with Gasteiger partial charge in [-0.25, -0.2) is 0 Å². The van der Waals surface area contributed by atoms with Crippen LogP contribution in [0.4, 0.5) is 0 Å². The first-order valence-corrected chi connectivity index (χ1v) is 13.8. The number of Topliss-reactive ketones (excluding diaryl/α,β-unsaturated/α-hetero) is 2. The molecule has 7 N–H and O–H groups in total. The van der Waals surface area contributed by atoms with Gasteiger partial charge < -0.3 is 0 Å². The first kappa shape index (κ1) is 28.3. The van der Waals surface area contributed by atoms with Gasteiger partial charge in [0.25, 0.3) is 0 Å². The Hall–Kier alpha value is -3.28. The van der Waals surface area contributed by atoms with Gasteiger partial charge in [-0.15, -0.1) is 0 Å². The second-order valence-corrected chi connectivity index (χ2v) is 11.7. The topological polar surface area (TPSA) is 173 Å². The second kappa shape index (κ2) is 10.3. The van der Waals surface area contributed by atoms with E-state index >= 15 is 0 Å². The van der Waals surface area contributed by atoms with E-state index in [0.717, 1.165) is 25.7 Å². The van der Waals surface area contributed by atoms with Crippen LogP contribution < -0.4 is 11.1 Å². The summed E-state index contributed by atoms with van der Waals surface area (Å²) in [6.45, 7) is 0.105. The zero-order valence-corrected chi connectivity index (χ0v) is 22.9. The van der Waals surface area contributed by atoms with Crippen LogP contribution in [0.25, 0.3) is 0 Å². The van der Waals surface area contributed by atoms with Crippen LogP contribution in [0.15, 0.2) is 34.8 Å². The quantitative estimate of drug-likeness (QED) is 0.221. The van der Waals surface area contributed by atoms with E-state index in [2.05, 4.69) is 12.8 Å². The van der Waals surface area contributed by atoms with Crippen molar-refractivity contribution in [2.45, 2.75) is 62.6 Å². The molecule has 0 unspecified atom stereocenters. The Morgan fingerprint density at radius 2 is 1.82 bits per heavy atom. The summed E-state index contributed by atoms with van der Waals surface area (Å²) < 4.78 is 0. The standard InChI is InChI=1S/C29H36BN3O7/c1-33(2)23-17-11-13-10-16-15(19(35)12-32-14-6-4-3-5-7-14)8-9-18(34)21(16)24(36)20(13)27(38)29(17,40)26(30)22(25(23)37)28(31)39/h8-9,13-14,17,23,30,32,34,37-38,40H,3-7,10-12H2,1-2H3,(H2,31,39)/t13-,17-,23+,29+/m0/s1. The number of carbonyl (C=O) groups is 3. The number of aliphatic hydroxyl groups is 3. The molecule has 4 aliphatic rings. The maximum absolute atomic E-state index is 13.9. The van der Waals surface area contributed by atoms with Crippen molar-refractivity contribution in [1.29, 1.82) is 0 Å². The molecule has 1 aromatic rings. The first-order valence-electron chi connectivity index (χ1n) is 13.8. The summed E-state index contributed by atoms with van der Waals surface area (Å²) in [6.07, 6.45) is 5.74. The van der Waals surface area contributed by atoms with Crippen LogP contribution in [0, 0.1) is 11.8 Å². The summed E-state index contributed by atoms with van der Waals surface area (Å²) in [6, 6.07) is 2.18. The number of hydrogen-bond donors (Lipinski definition) is 6. The molecule has 10 nitrogen and oxygen atoms in total. The monoisotopic (exact) mass is 549 g/mol. The number of phenols is 1. The van der Waals surface area contributed by atoms with Crippen LogP contribution in [0.3, 0.4) is 0 Å². The van der Waals surface area contributed by atoms with Crippen molar-refractivity contribution in [3.8, 4) is 5.75 Å². The van der Waals surface area contributed by atoms with Crippen molar-refractivity contribution >= 4 is 30.4 Å². The van der Waals surface area contributed by atoms with E-state index in [4.69, 9.17) is 5.73 Å². The molecular formula is C29H36BN3O7. The average molecular weight is 549 g/mol. The molecule has 212 valence electrons. The predicted molar refractivity (Wildman–Crippen MR) is 150 cm³/mol. The third-order valence-corrected chi connectivity index (χ3v) is 9.25. The number of fused-ring (bicyclic) bond motifs is 3. The molecule has 5 rings (SSSR count). The van der Waals surface area contributed by atoms with Crippen LogP contribution in [0.1, 0.15) is 64.8 Å². The molecule has 1 saturated carbocycles. The Bertz CT molecular complexity index is 1380. The number of aromatic hydroxyl groups is 1. The van der Waals surface area contributed by atoms with Crippen molar-refractivity contribution < 1.29 is 34.8 Å². The molecule has 0 spiro atoms. The normalized spacial score (nSPS) is 28.8. The Balaban J connectivity index is 1.57. The molecule has 1 aromatic carbocycles. The van der Waals surface area contributed by atoms with Gasteiger partial charge >= 0.3 is 201 Å². The number of phenolic OH excluding ortho intramolecular Hbond substituents is 1. The number of allylic oxidation sites excluding steroid dienone is 1. The minimum absolute atomic E-state index is 0.0811. The van der Waals surface area contributed by atoms with Crippen LogP contribution in [-0.4, -0.2) is 94.1 Å². The van der Waals surface area contributed by atoms with E-state index in [-0.39, 0.29) is 59.3 Å². The van der Waals surface area contributed by atoms with E-state index in [1.165, 1.54) is 18.6 Å². The molecule has 4 atom stereocenters. The van der Waals surface area contributed by atoms with E-state index in [0.29, 0.717) is 11.1 Å². The molecule has 0 aromatic heterocycles. The Kier molecular flexibility index (Phi) is 7.26. The summed E-state index contributed by atoms with van der Waals surface area (Å²) in [5.74, 6) is -4.79. The molecule has 0 heterocycles. The number of rotatable bonds is 6. The third kappa shape index (κ3) is 4.22. The molecule has 1 fully saturated rings. The van der Waals surface area contributed by atoms with Crippen molar-refractivity contribution in [3.05, 3.63) is 51.5 Å². The minimum atomic E-state index is -2.25. The van der Waals surface area contributed by atoms with Gasteiger partial charge in [0.1, 0.15) is 0 Å². The van der Waals surface area contributed by atoms with Gasteiger partial charge in [0.05, 0.1) is 0 Å². The molecular weight excluding hydrogens is 513 g/mol. The molecule has 40 heavy (non-hydrogen) atoms. The number of benzene rings is 1. The fraction of sp³-hybridized carbons (Fsp3) is 0.517. The van der Waals surface area contributed by atoms with Gasteiger partial charge in [0.2, 0.25) is 0 Å². The number of carbonyl (C=O) groups excluding carboxylic acids is 3. The predicted octanol–water partition coefficient (Wildman–Crippen LogP) is 0.730. The van der Waals surface area contributed by atoms with Gasteiger partial charge in [-0.1, -0.05) is 19.3 Å². The number of nitrogens with zero attached hydrogens (tertiary/aromatic N) is 1. The number of nitrogens with one attached hydrogen (secondary N) is 1. The number of likely N-dealkylation sites (N-methyl/N-ethyl adjacent to an activating group) is 1.